The van der Waals surface area contributed by atoms with Gasteiger partial charge in [-0.25, -0.2) is 0 Å². The van der Waals surface area contributed by atoms with Gasteiger partial charge in [0.2, 0.25) is 6.79 Å². The van der Waals surface area contributed by atoms with Crippen LogP contribution in [0.25, 0.3) is 0 Å². The first-order chi connectivity index (χ1) is 12.2. The molecule has 2 aromatic rings. The van der Waals surface area contributed by atoms with E-state index in [1.165, 1.54) is 0 Å². The van der Waals surface area contributed by atoms with E-state index in [0.717, 1.165) is 4.88 Å². The molecule has 4 N–H and O–H groups in total. The maximum Gasteiger partial charge on any atom is 0.262 e. The van der Waals surface area contributed by atoms with Crippen molar-refractivity contribution in [1.29, 1.82) is 0 Å². The van der Waals surface area contributed by atoms with E-state index in [1.54, 1.807) is 34.4 Å². The molecule has 134 valence electrons. The minimum Gasteiger partial charge on any atom is -0.484 e. The van der Waals surface area contributed by atoms with Gasteiger partial charge in [0.1, 0.15) is 5.75 Å². The molecule has 8 heteroatoms. The van der Waals surface area contributed by atoms with E-state index in [2.05, 4.69) is 0 Å². The molecule has 0 radical (unpaired) electrons. The Morgan fingerprint density at radius 3 is 2.92 bits per heavy atom. The van der Waals surface area contributed by atoms with Crippen molar-refractivity contribution in [2.24, 2.45) is 11.5 Å². The number of fused-ring (bicyclic) bond motifs is 1. The molecule has 0 aliphatic carbocycles. The number of hydrogen-bond acceptors (Lipinski definition) is 7. The summed E-state index contributed by atoms with van der Waals surface area (Å²) in [7, 11) is 0. The third kappa shape index (κ3) is 4.41. The van der Waals surface area contributed by atoms with Crippen molar-refractivity contribution in [2.45, 2.75) is 19.1 Å². The van der Waals surface area contributed by atoms with Crippen LogP contribution in [0.4, 0.5) is 0 Å². The summed E-state index contributed by atoms with van der Waals surface area (Å²) in [6.07, 6.45) is 0.0844. The van der Waals surface area contributed by atoms with E-state index < -0.39 is 6.17 Å². The fraction of sp³-hybridized carbons (Fsp3) is 0.353. The van der Waals surface area contributed by atoms with Crippen LogP contribution >= 0.6 is 11.3 Å². The Morgan fingerprint density at radius 2 is 2.16 bits per heavy atom. The molecule has 2 heterocycles. The number of amides is 1. The number of carbonyl (C=O) groups is 1. The quantitative estimate of drug-likeness (QED) is 0.690. The first-order valence-corrected chi connectivity index (χ1v) is 8.85. The predicted molar refractivity (Wildman–Crippen MR) is 94.6 cm³/mol. The SMILES string of the molecule is NCCC(N)N(Cc1cccs1)C(=O)COc1ccc2c(c1)OCO2. The highest BCUT2D eigenvalue weighted by Crippen LogP contribution is 2.35. The van der Waals surface area contributed by atoms with Gasteiger partial charge in [0.15, 0.2) is 18.1 Å². The Bertz CT molecular complexity index is 708. The minimum atomic E-state index is -0.444. The number of thiophene rings is 1. The van der Waals surface area contributed by atoms with Crippen molar-refractivity contribution in [1.82, 2.24) is 4.90 Å². The standard InChI is InChI=1S/C17H21N3O4S/c18-6-5-16(19)20(9-13-2-1-7-25-13)17(21)10-22-12-3-4-14-15(8-12)24-11-23-14/h1-4,7-8,16H,5-6,9-11,18-19H2. The second-order valence-corrected chi connectivity index (χ2v) is 6.58. The molecule has 0 saturated carbocycles. The van der Waals surface area contributed by atoms with Crippen LogP contribution in [0.5, 0.6) is 17.2 Å². The molecule has 0 spiro atoms. The zero-order valence-electron chi connectivity index (χ0n) is 13.7. The largest absolute Gasteiger partial charge is 0.484 e. The Balaban J connectivity index is 1.63. The highest BCUT2D eigenvalue weighted by Gasteiger charge is 2.22. The Kier molecular flexibility index (Phi) is 5.75. The number of rotatable bonds is 8. The van der Waals surface area contributed by atoms with Crippen LogP contribution in [0.1, 0.15) is 11.3 Å². The van der Waals surface area contributed by atoms with Crippen LogP contribution in [0.15, 0.2) is 35.7 Å². The van der Waals surface area contributed by atoms with Gasteiger partial charge in [0.05, 0.1) is 12.7 Å². The molecule has 1 aliphatic heterocycles. The van der Waals surface area contributed by atoms with Gasteiger partial charge < -0.3 is 30.6 Å². The van der Waals surface area contributed by atoms with Crippen LogP contribution in [0, 0.1) is 0 Å². The van der Waals surface area contributed by atoms with Gasteiger partial charge in [-0.1, -0.05) is 6.07 Å². The molecular formula is C17H21N3O4S. The van der Waals surface area contributed by atoms with Crippen LogP contribution in [-0.4, -0.2) is 36.9 Å². The summed E-state index contributed by atoms with van der Waals surface area (Å²) in [4.78, 5) is 15.3. The van der Waals surface area contributed by atoms with Crippen molar-refractivity contribution in [3.8, 4) is 17.2 Å². The Morgan fingerprint density at radius 1 is 1.32 bits per heavy atom. The number of benzene rings is 1. The topological polar surface area (TPSA) is 100 Å². The average Bonchev–Trinajstić information content (AvgIpc) is 3.28. The molecule has 0 bridgehead atoms. The zero-order valence-corrected chi connectivity index (χ0v) is 14.5. The number of hydrogen-bond donors (Lipinski definition) is 2. The van der Waals surface area contributed by atoms with Crippen molar-refractivity contribution >= 4 is 17.2 Å². The first kappa shape index (κ1) is 17.5. The summed E-state index contributed by atoms with van der Waals surface area (Å²) in [5.41, 5.74) is 11.7. The second-order valence-electron chi connectivity index (χ2n) is 5.55. The van der Waals surface area contributed by atoms with Gasteiger partial charge in [-0.3, -0.25) is 4.79 Å². The first-order valence-electron chi connectivity index (χ1n) is 7.97. The highest BCUT2D eigenvalue weighted by atomic mass is 32.1. The summed E-state index contributed by atoms with van der Waals surface area (Å²) in [6, 6.07) is 9.12. The van der Waals surface area contributed by atoms with Crippen molar-refractivity contribution in [3.05, 3.63) is 40.6 Å². The van der Waals surface area contributed by atoms with Gasteiger partial charge in [-0.2, -0.15) is 0 Å². The summed E-state index contributed by atoms with van der Waals surface area (Å²) >= 11 is 1.58. The maximum absolute atomic E-state index is 12.6. The van der Waals surface area contributed by atoms with Gasteiger partial charge in [0, 0.05) is 10.9 Å². The minimum absolute atomic E-state index is 0.108. The zero-order chi connectivity index (χ0) is 17.6. The Hall–Kier alpha value is -2.29. The van der Waals surface area contributed by atoms with Crippen molar-refractivity contribution < 1.29 is 19.0 Å². The molecule has 7 nitrogen and oxygen atoms in total. The van der Waals surface area contributed by atoms with Crippen molar-refractivity contribution in [3.63, 3.8) is 0 Å². The van der Waals surface area contributed by atoms with Gasteiger partial charge in [0.25, 0.3) is 5.91 Å². The monoisotopic (exact) mass is 363 g/mol. The molecule has 0 saturated heterocycles. The molecule has 1 aromatic carbocycles. The van der Waals surface area contributed by atoms with Crippen LogP contribution in [0.3, 0.4) is 0 Å². The van der Waals surface area contributed by atoms with Gasteiger partial charge >= 0.3 is 0 Å². The lowest BCUT2D eigenvalue weighted by molar-refractivity contribution is -0.136. The van der Waals surface area contributed by atoms with Crippen LogP contribution in [-0.2, 0) is 11.3 Å². The summed E-state index contributed by atoms with van der Waals surface area (Å²) < 4.78 is 16.2. The lowest BCUT2D eigenvalue weighted by Gasteiger charge is -2.28. The third-order valence-corrected chi connectivity index (χ3v) is 4.66. The van der Waals surface area contributed by atoms with E-state index in [4.69, 9.17) is 25.7 Å². The number of carbonyl (C=O) groups excluding carboxylic acids is 1. The molecule has 25 heavy (non-hydrogen) atoms. The number of nitrogens with zero attached hydrogens (tertiary/aromatic N) is 1. The Labute approximate surface area is 150 Å². The molecular weight excluding hydrogens is 342 g/mol. The van der Waals surface area contributed by atoms with E-state index in [-0.39, 0.29) is 19.3 Å². The maximum atomic E-state index is 12.6. The summed E-state index contributed by atoms with van der Waals surface area (Å²) in [5, 5.41) is 1.97. The van der Waals surface area contributed by atoms with Gasteiger partial charge in [-0.05, 0) is 36.5 Å². The molecule has 1 aromatic heterocycles. The van der Waals surface area contributed by atoms with E-state index in [9.17, 15) is 4.79 Å². The molecule has 3 rings (SSSR count). The molecule has 1 amide bonds. The lowest BCUT2D eigenvalue weighted by atomic mass is 10.2. The fourth-order valence-electron chi connectivity index (χ4n) is 2.48. The number of nitrogens with two attached hydrogens (primary N) is 2. The van der Waals surface area contributed by atoms with Crippen LogP contribution in [0.2, 0.25) is 0 Å². The summed E-state index contributed by atoms with van der Waals surface area (Å²) in [6.45, 7) is 0.949. The third-order valence-electron chi connectivity index (χ3n) is 3.80. The smallest absolute Gasteiger partial charge is 0.262 e. The van der Waals surface area contributed by atoms with Gasteiger partial charge in [-0.15, -0.1) is 11.3 Å². The lowest BCUT2D eigenvalue weighted by Crippen LogP contribution is -2.48. The molecule has 1 aliphatic rings. The van der Waals surface area contributed by atoms with Crippen LogP contribution < -0.4 is 25.7 Å². The normalized spacial score (nSPS) is 13.5. The average molecular weight is 363 g/mol. The van der Waals surface area contributed by atoms with E-state index in [1.807, 2.05) is 17.5 Å². The van der Waals surface area contributed by atoms with E-state index in [0.29, 0.717) is 36.8 Å². The van der Waals surface area contributed by atoms with Crippen molar-refractivity contribution in [2.75, 3.05) is 19.9 Å². The number of ether oxygens (including phenoxy) is 3. The second kappa shape index (κ2) is 8.19. The summed E-state index contributed by atoms with van der Waals surface area (Å²) in [5.74, 6) is 1.64. The highest BCUT2D eigenvalue weighted by molar-refractivity contribution is 7.09. The molecule has 1 unspecified atom stereocenters. The fourth-order valence-corrected chi connectivity index (χ4v) is 3.18. The van der Waals surface area contributed by atoms with E-state index >= 15 is 0 Å². The predicted octanol–water partition coefficient (Wildman–Crippen LogP) is 1.52. The molecule has 0 fully saturated rings. The molecule has 1 atom stereocenters.